The van der Waals surface area contributed by atoms with Gasteiger partial charge in [-0.3, -0.25) is 4.79 Å². The second kappa shape index (κ2) is 6.90. The maximum atomic E-state index is 11.2. The van der Waals surface area contributed by atoms with E-state index in [2.05, 4.69) is 27.9 Å². The number of nitrogens with one attached hydrogen (secondary N) is 1. The van der Waals surface area contributed by atoms with Crippen LogP contribution >= 0.6 is 34.2 Å². The number of hydrogen-bond acceptors (Lipinski definition) is 2. The van der Waals surface area contributed by atoms with Crippen molar-refractivity contribution in [1.29, 1.82) is 0 Å². The van der Waals surface area contributed by atoms with Crippen molar-refractivity contribution < 1.29 is 9.53 Å². The number of alkyl halides is 1. The highest BCUT2D eigenvalue weighted by Gasteiger charge is 2.01. The lowest BCUT2D eigenvalue weighted by atomic mass is 10.3. The zero-order chi connectivity index (χ0) is 11.1. The van der Waals surface area contributed by atoms with Crippen LogP contribution in [0.4, 0.5) is 0 Å². The maximum Gasteiger partial charge on any atom is 0.257 e. The summed E-state index contributed by atoms with van der Waals surface area (Å²) in [6.45, 7) is 0.710. The van der Waals surface area contributed by atoms with Gasteiger partial charge in [0.15, 0.2) is 6.61 Å². The van der Waals surface area contributed by atoms with Gasteiger partial charge in [0.25, 0.3) is 5.91 Å². The molecular weight excluding hydrogens is 328 g/mol. The SMILES string of the molecule is O=C(COc1ccc(Cl)cc1)NCCI. The van der Waals surface area contributed by atoms with E-state index in [1.807, 2.05) is 0 Å². The number of carbonyl (C=O) groups is 1. The van der Waals surface area contributed by atoms with Gasteiger partial charge in [0.2, 0.25) is 0 Å². The quantitative estimate of drug-likeness (QED) is 0.660. The Morgan fingerprint density at radius 3 is 2.67 bits per heavy atom. The molecule has 0 heterocycles. The minimum Gasteiger partial charge on any atom is -0.484 e. The second-order valence-electron chi connectivity index (χ2n) is 2.78. The molecule has 1 aromatic rings. The van der Waals surface area contributed by atoms with Crippen LogP contribution in [0.2, 0.25) is 5.02 Å². The molecule has 0 aliphatic carbocycles. The minimum absolute atomic E-state index is 0.0400. The standard InChI is InChI=1S/C10H11ClINO2/c11-8-1-3-9(4-2-8)15-7-10(14)13-6-5-12/h1-4H,5-7H2,(H,13,14). The van der Waals surface area contributed by atoms with Gasteiger partial charge in [-0.15, -0.1) is 0 Å². The van der Waals surface area contributed by atoms with Crippen LogP contribution in [0, 0.1) is 0 Å². The summed E-state index contributed by atoms with van der Waals surface area (Å²) in [4.78, 5) is 11.2. The molecule has 0 aliphatic heterocycles. The molecule has 0 radical (unpaired) electrons. The smallest absolute Gasteiger partial charge is 0.257 e. The first-order chi connectivity index (χ1) is 7.22. The van der Waals surface area contributed by atoms with Crippen LogP contribution in [0.5, 0.6) is 5.75 Å². The Kier molecular flexibility index (Phi) is 5.78. The maximum absolute atomic E-state index is 11.2. The van der Waals surface area contributed by atoms with Crippen molar-refractivity contribution in [3.05, 3.63) is 29.3 Å². The van der Waals surface area contributed by atoms with E-state index < -0.39 is 0 Å². The molecule has 0 unspecified atom stereocenters. The number of benzene rings is 1. The van der Waals surface area contributed by atoms with Gasteiger partial charge in [0, 0.05) is 16.0 Å². The van der Waals surface area contributed by atoms with Gasteiger partial charge in [0.05, 0.1) is 0 Å². The summed E-state index contributed by atoms with van der Waals surface area (Å²) in [5.41, 5.74) is 0. The predicted molar refractivity (Wildman–Crippen MR) is 68.8 cm³/mol. The molecule has 5 heteroatoms. The molecule has 0 saturated heterocycles. The topological polar surface area (TPSA) is 38.3 Å². The summed E-state index contributed by atoms with van der Waals surface area (Å²) in [5.74, 6) is 0.533. The van der Waals surface area contributed by atoms with Gasteiger partial charge in [-0.1, -0.05) is 34.2 Å². The van der Waals surface area contributed by atoms with Crippen LogP contribution in [-0.4, -0.2) is 23.5 Å². The number of carbonyl (C=O) groups excluding carboxylic acids is 1. The van der Waals surface area contributed by atoms with Crippen molar-refractivity contribution in [1.82, 2.24) is 5.32 Å². The average Bonchev–Trinajstić information content (AvgIpc) is 2.25. The summed E-state index contributed by atoms with van der Waals surface area (Å²) in [6, 6.07) is 6.90. The Hall–Kier alpha value is -0.490. The molecule has 0 atom stereocenters. The second-order valence-corrected chi connectivity index (χ2v) is 4.30. The van der Waals surface area contributed by atoms with Gasteiger partial charge in [-0.25, -0.2) is 0 Å². The lowest BCUT2D eigenvalue weighted by Crippen LogP contribution is -2.30. The average molecular weight is 340 g/mol. The first kappa shape index (κ1) is 12.6. The minimum atomic E-state index is -0.110. The Morgan fingerprint density at radius 2 is 2.07 bits per heavy atom. The molecular formula is C10H11ClINO2. The largest absolute Gasteiger partial charge is 0.484 e. The van der Waals surface area contributed by atoms with Crippen molar-refractivity contribution in [2.75, 3.05) is 17.6 Å². The van der Waals surface area contributed by atoms with E-state index >= 15 is 0 Å². The third-order valence-corrected chi connectivity index (χ3v) is 2.39. The van der Waals surface area contributed by atoms with Crippen molar-refractivity contribution >= 4 is 40.1 Å². The Bertz CT molecular complexity index is 316. The van der Waals surface area contributed by atoms with E-state index in [4.69, 9.17) is 16.3 Å². The van der Waals surface area contributed by atoms with E-state index in [1.54, 1.807) is 24.3 Å². The molecule has 0 fully saturated rings. The molecule has 0 aromatic heterocycles. The van der Waals surface area contributed by atoms with Crippen LogP contribution < -0.4 is 10.1 Å². The molecule has 0 bridgehead atoms. The van der Waals surface area contributed by atoms with Gasteiger partial charge >= 0.3 is 0 Å². The number of halogens is 2. The lowest BCUT2D eigenvalue weighted by Gasteiger charge is -2.06. The fraction of sp³-hybridized carbons (Fsp3) is 0.300. The first-order valence-corrected chi connectivity index (χ1v) is 6.34. The number of ether oxygens (including phenoxy) is 1. The van der Waals surface area contributed by atoms with Crippen molar-refractivity contribution in [3.8, 4) is 5.75 Å². The van der Waals surface area contributed by atoms with Gasteiger partial charge < -0.3 is 10.1 Å². The van der Waals surface area contributed by atoms with E-state index in [9.17, 15) is 4.79 Å². The third kappa shape index (κ3) is 5.22. The summed E-state index contributed by atoms with van der Waals surface area (Å²) < 4.78 is 6.14. The number of rotatable bonds is 5. The summed E-state index contributed by atoms with van der Waals surface area (Å²) >= 11 is 7.90. The highest BCUT2D eigenvalue weighted by Crippen LogP contribution is 2.15. The molecule has 82 valence electrons. The van der Waals surface area contributed by atoms with Gasteiger partial charge in [-0.05, 0) is 24.3 Å². The summed E-state index contributed by atoms with van der Waals surface area (Å²) in [6.07, 6.45) is 0. The van der Waals surface area contributed by atoms with Gasteiger partial charge in [-0.2, -0.15) is 0 Å². The van der Waals surface area contributed by atoms with Crippen molar-refractivity contribution in [2.45, 2.75) is 0 Å². The molecule has 15 heavy (non-hydrogen) atoms. The Labute approximate surface area is 107 Å². The number of hydrogen-bond donors (Lipinski definition) is 1. The van der Waals surface area contributed by atoms with E-state index in [0.717, 1.165) is 4.43 Å². The monoisotopic (exact) mass is 339 g/mol. The molecule has 1 aromatic carbocycles. The summed E-state index contributed by atoms with van der Waals surface area (Å²) in [7, 11) is 0. The predicted octanol–water partition coefficient (Wildman–Crippen LogP) is 2.27. The van der Waals surface area contributed by atoms with E-state index in [0.29, 0.717) is 17.3 Å². The highest BCUT2D eigenvalue weighted by molar-refractivity contribution is 14.1. The lowest BCUT2D eigenvalue weighted by molar-refractivity contribution is -0.122. The van der Waals surface area contributed by atoms with E-state index in [1.165, 1.54) is 0 Å². The van der Waals surface area contributed by atoms with Gasteiger partial charge in [0.1, 0.15) is 5.75 Å². The molecule has 1 amide bonds. The summed E-state index contributed by atoms with van der Waals surface area (Å²) in [5, 5.41) is 3.37. The molecule has 0 saturated carbocycles. The molecule has 1 N–H and O–H groups in total. The number of amides is 1. The first-order valence-electron chi connectivity index (χ1n) is 4.43. The van der Waals surface area contributed by atoms with Crippen LogP contribution in [0.25, 0.3) is 0 Å². The molecule has 3 nitrogen and oxygen atoms in total. The Balaban J connectivity index is 2.30. The van der Waals surface area contributed by atoms with Crippen molar-refractivity contribution in [3.63, 3.8) is 0 Å². The van der Waals surface area contributed by atoms with Crippen LogP contribution in [0.3, 0.4) is 0 Å². The fourth-order valence-electron chi connectivity index (χ4n) is 0.917. The zero-order valence-electron chi connectivity index (χ0n) is 8.00. The zero-order valence-corrected chi connectivity index (χ0v) is 10.9. The third-order valence-electron chi connectivity index (χ3n) is 1.60. The molecule has 0 aliphatic rings. The van der Waals surface area contributed by atoms with Crippen LogP contribution in [0.1, 0.15) is 0 Å². The van der Waals surface area contributed by atoms with Crippen LogP contribution in [0.15, 0.2) is 24.3 Å². The molecule has 0 spiro atoms. The highest BCUT2D eigenvalue weighted by atomic mass is 127. The molecule has 1 rings (SSSR count). The van der Waals surface area contributed by atoms with Crippen LogP contribution in [-0.2, 0) is 4.79 Å². The normalized spacial score (nSPS) is 9.73. The Morgan fingerprint density at radius 1 is 1.40 bits per heavy atom. The fourth-order valence-corrected chi connectivity index (χ4v) is 1.31. The van der Waals surface area contributed by atoms with Crippen molar-refractivity contribution in [2.24, 2.45) is 0 Å². The van der Waals surface area contributed by atoms with E-state index in [-0.39, 0.29) is 12.5 Å².